The van der Waals surface area contributed by atoms with Gasteiger partial charge < -0.3 is 16.0 Å². The normalized spacial score (nSPS) is 17.7. The number of amides is 1. The van der Waals surface area contributed by atoms with E-state index in [1.54, 1.807) is 6.20 Å². The summed E-state index contributed by atoms with van der Waals surface area (Å²) in [5.74, 6) is 0.454. The van der Waals surface area contributed by atoms with E-state index in [0.717, 1.165) is 38.1 Å². The van der Waals surface area contributed by atoms with Crippen LogP contribution < -0.4 is 11.1 Å². The first kappa shape index (κ1) is 17.0. The van der Waals surface area contributed by atoms with E-state index >= 15 is 0 Å². The van der Waals surface area contributed by atoms with Crippen molar-refractivity contribution >= 4 is 28.7 Å². The number of anilines is 2. The molecule has 3 N–H and O–H groups in total. The third-order valence-corrected chi connectivity index (χ3v) is 6.30. The molecular weight excluding hydrogens is 352 g/mol. The molecule has 0 bridgehead atoms. The zero-order valence-corrected chi connectivity index (χ0v) is 16.0. The summed E-state index contributed by atoms with van der Waals surface area (Å²) in [5, 5.41) is 3.53. The number of aryl methyl sites for hydroxylation is 1. The van der Waals surface area contributed by atoms with Gasteiger partial charge in [0.15, 0.2) is 5.65 Å². The van der Waals surface area contributed by atoms with Crippen LogP contribution in [0.5, 0.6) is 0 Å². The number of aromatic nitrogens is 3. The van der Waals surface area contributed by atoms with E-state index < -0.39 is 0 Å². The molecule has 0 saturated carbocycles. The predicted molar refractivity (Wildman–Crippen MR) is 109 cm³/mol. The number of para-hydroxylation sites is 1. The summed E-state index contributed by atoms with van der Waals surface area (Å²) in [6.07, 6.45) is 3.58. The van der Waals surface area contributed by atoms with E-state index in [1.807, 2.05) is 22.5 Å². The number of likely N-dealkylation sites (tertiary alicyclic amines) is 1. The highest BCUT2D eigenvalue weighted by atomic mass is 16.2. The maximum Gasteiger partial charge on any atom is 0.255 e. The molecule has 2 aromatic heterocycles. The lowest BCUT2D eigenvalue weighted by Gasteiger charge is -2.39. The summed E-state index contributed by atoms with van der Waals surface area (Å²) in [6, 6.07) is 10.3. The first-order valence-corrected chi connectivity index (χ1v) is 9.86. The van der Waals surface area contributed by atoms with Gasteiger partial charge in [-0.15, -0.1) is 0 Å². The molecule has 7 heteroatoms. The summed E-state index contributed by atoms with van der Waals surface area (Å²) in [4.78, 5) is 23.8. The van der Waals surface area contributed by atoms with E-state index in [0.29, 0.717) is 23.6 Å². The summed E-state index contributed by atoms with van der Waals surface area (Å²) in [5.41, 5.74) is 10.7. The van der Waals surface area contributed by atoms with Gasteiger partial charge in [0.1, 0.15) is 5.52 Å². The van der Waals surface area contributed by atoms with Crippen molar-refractivity contribution in [1.82, 2.24) is 19.4 Å². The van der Waals surface area contributed by atoms with Gasteiger partial charge in [-0.3, -0.25) is 9.36 Å². The Labute approximate surface area is 163 Å². The van der Waals surface area contributed by atoms with Crippen LogP contribution >= 0.6 is 0 Å². The number of fused-ring (bicyclic) bond motifs is 3. The minimum Gasteiger partial charge on any atom is -0.384 e. The third kappa shape index (κ3) is 2.46. The minimum absolute atomic E-state index is 0.0214. The lowest BCUT2D eigenvalue weighted by molar-refractivity contribution is 0.0676. The fraction of sp³-hybridized carbons (Fsp3) is 0.381. The van der Waals surface area contributed by atoms with Crippen LogP contribution in [0.2, 0.25) is 0 Å². The summed E-state index contributed by atoms with van der Waals surface area (Å²) >= 11 is 0. The number of nitrogens with zero attached hydrogens (tertiary/aromatic N) is 4. The van der Waals surface area contributed by atoms with Crippen LogP contribution in [0.4, 0.5) is 11.6 Å². The van der Waals surface area contributed by atoms with Crippen LogP contribution in [0.25, 0.3) is 11.2 Å². The molecule has 1 amide bonds. The Bertz CT molecular complexity index is 1060. The van der Waals surface area contributed by atoms with E-state index in [1.165, 1.54) is 11.3 Å². The number of nitrogens with one attached hydrogen (secondary N) is 1. The predicted octanol–water partition coefficient (Wildman–Crippen LogP) is 2.63. The molecule has 3 aromatic rings. The standard InChI is InChI=1S/C21H24N6O/c1-2-27-18-17(25-20(27)22)11-14(12-23-18)19(28)26-9-7-21(8-10-26)13-24-16-6-4-3-5-15(16)21/h3-6,11-12,24H,2,7-10,13H2,1H3,(H2,22,25). The quantitative estimate of drug-likeness (QED) is 0.718. The van der Waals surface area contributed by atoms with E-state index in [9.17, 15) is 4.79 Å². The molecule has 28 heavy (non-hydrogen) atoms. The van der Waals surface area contributed by atoms with Gasteiger partial charge in [-0.2, -0.15) is 0 Å². The summed E-state index contributed by atoms with van der Waals surface area (Å²) in [7, 11) is 0. The zero-order valence-electron chi connectivity index (χ0n) is 16.0. The van der Waals surface area contributed by atoms with Crippen LogP contribution in [0.15, 0.2) is 36.5 Å². The van der Waals surface area contributed by atoms with E-state index in [2.05, 4.69) is 39.6 Å². The van der Waals surface area contributed by atoms with Crippen LogP contribution in [0.1, 0.15) is 35.7 Å². The second-order valence-electron chi connectivity index (χ2n) is 7.75. The van der Waals surface area contributed by atoms with Gasteiger partial charge in [-0.05, 0) is 37.5 Å². The van der Waals surface area contributed by atoms with Crippen molar-refractivity contribution in [1.29, 1.82) is 0 Å². The van der Waals surface area contributed by atoms with Crippen molar-refractivity contribution in [2.75, 3.05) is 30.7 Å². The molecular formula is C21H24N6O. The maximum absolute atomic E-state index is 13.1. The van der Waals surface area contributed by atoms with Crippen molar-refractivity contribution in [3.63, 3.8) is 0 Å². The fourth-order valence-electron chi connectivity index (χ4n) is 4.68. The molecule has 0 aliphatic carbocycles. The van der Waals surface area contributed by atoms with Crippen LogP contribution in [-0.4, -0.2) is 45.0 Å². The minimum atomic E-state index is 0.0214. The number of carbonyl (C=O) groups excluding carboxylic acids is 1. The smallest absolute Gasteiger partial charge is 0.255 e. The lowest BCUT2D eigenvalue weighted by atomic mass is 9.74. The SMILES string of the molecule is CCn1c(N)nc2cc(C(=O)N3CCC4(CC3)CNc3ccccc34)cnc21. The number of imidazole rings is 1. The lowest BCUT2D eigenvalue weighted by Crippen LogP contribution is -2.46. The average Bonchev–Trinajstić information content (AvgIpc) is 3.24. The molecule has 0 unspecified atom stereocenters. The third-order valence-electron chi connectivity index (χ3n) is 6.30. The number of nitrogens with two attached hydrogens (primary N) is 1. The van der Waals surface area contributed by atoms with Gasteiger partial charge in [0.25, 0.3) is 5.91 Å². The largest absolute Gasteiger partial charge is 0.384 e. The molecule has 1 aromatic carbocycles. The number of pyridine rings is 1. The number of hydrogen-bond acceptors (Lipinski definition) is 5. The molecule has 4 heterocycles. The van der Waals surface area contributed by atoms with E-state index in [-0.39, 0.29) is 11.3 Å². The number of nitrogen functional groups attached to an aromatic ring is 1. The second-order valence-corrected chi connectivity index (χ2v) is 7.75. The molecule has 1 spiro atoms. The van der Waals surface area contributed by atoms with Crippen molar-refractivity contribution in [3.05, 3.63) is 47.7 Å². The second kappa shape index (κ2) is 6.22. The maximum atomic E-state index is 13.1. The van der Waals surface area contributed by atoms with Crippen molar-refractivity contribution < 1.29 is 4.79 Å². The van der Waals surface area contributed by atoms with E-state index in [4.69, 9.17) is 5.73 Å². The first-order valence-electron chi connectivity index (χ1n) is 9.86. The summed E-state index contributed by atoms with van der Waals surface area (Å²) in [6.45, 7) is 5.15. The van der Waals surface area contributed by atoms with Gasteiger partial charge >= 0.3 is 0 Å². The Morgan fingerprint density at radius 3 is 2.86 bits per heavy atom. The van der Waals surface area contributed by atoms with Gasteiger partial charge in [0.2, 0.25) is 5.95 Å². The van der Waals surface area contributed by atoms with Gasteiger partial charge in [-0.25, -0.2) is 9.97 Å². The highest BCUT2D eigenvalue weighted by Gasteiger charge is 2.42. The van der Waals surface area contributed by atoms with Crippen molar-refractivity contribution in [2.45, 2.75) is 31.7 Å². The summed E-state index contributed by atoms with van der Waals surface area (Å²) < 4.78 is 1.85. The highest BCUT2D eigenvalue weighted by molar-refractivity contribution is 5.96. The number of carbonyl (C=O) groups is 1. The Morgan fingerprint density at radius 1 is 1.29 bits per heavy atom. The Balaban J connectivity index is 1.36. The fourth-order valence-corrected chi connectivity index (χ4v) is 4.68. The Morgan fingerprint density at radius 2 is 2.07 bits per heavy atom. The highest BCUT2D eigenvalue weighted by Crippen LogP contribution is 2.43. The molecule has 1 saturated heterocycles. The molecule has 144 valence electrons. The molecule has 0 radical (unpaired) electrons. The van der Waals surface area contributed by atoms with Gasteiger partial charge in [0, 0.05) is 43.5 Å². The monoisotopic (exact) mass is 376 g/mol. The Kier molecular flexibility index (Phi) is 3.79. The number of rotatable bonds is 2. The molecule has 0 atom stereocenters. The van der Waals surface area contributed by atoms with Crippen LogP contribution in [0.3, 0.4) is 0 Å². The van der Waals surface area contributed by atoms with Gasteiger partial charge in [-0.1, -0.05) is 18.2 Å². The molecule has 2 aliphatic heterocycles. The molecule has 5 rings (SSSR count). The van der Waals surface area contributed by atoms with Crippen LogP contribution in [-0.2, 0) is 12.0 Å². The molecule has 7 nitrogen and oxygen atoms in total. The average molecular weight is 376 g/mol. The van der Waals surface area contributed by atoms with Gasteiger partial charge in [0.05, 0.1) is 5.56 Å². The number of piperidine rings is 1. The Hall–Kier alpha value is -3.09. The molecule has 2 aliphatic rings. The topological polar surface area (TPSA) is 89.1 Å². The van der Waals surface area contributed by atoms with Crippen molar-refractivity contribution in [3.8, 4) is 0 Å². The molecule has 1 fully saturated rings. The number of benzene rings is 1. The van der Waals surface area contributed by atoms with Crippen molar-refractivity contribution in [2.24, 2.45) is 0 Å². The number of hydrogen-bond donors (Lipinski definition) is 2. The van der Waals surface area contributed by atoms with Crippen LogP contribution in [0, 0.1) is 0 Å². The first-order chi connectivity index (χ1) is 13.6. The zero-order chi connectivity index (χ0) is 19.3.